The number of hydrogen-bond donors (Lipinski definition) is 3. The highest BCUT2D eigenvalue weighted by Crippen LogP contribution is 2.61. The molecule has 4 heteroatoms. The van der Waals surface area contributed by atoms with Crippen molar-refractivity contribution in [2.75, 3.05) is 0 Å². The fourth-order valence-corrected chi connectivity index (χ4v) is 6.38. The van der Waals surface area contributed by atoms with Crippen LogP contribution in [-0.4, -0.2) is 28.3 Å². The van der Waals surface area contributed by atoms with Gasteiger partial charge in [-0.2, -0.15) is 0 Å². The van der Waals surface area contributed by atoms with E-state index in [1.54, 1.807) is 0 Å². The molecule has 0 aromatic heterocycles. The Hall–Kier alpha value is -0.870. The molecule has 3 rings (SSSR count). The molecule has 4 N–H and O–H groups in total. The lowest BCUT2D eigenvalue weighted by molar-refractivity contribution is -0.125. The van der Waals surface area contributed by atoms with Crippen LogP contribution in [0.15, 0.2) is 12.2 Å². The molecular weight excluding hydrogens is 314 g/mol. The van der Waals surface area contributed by atoms with Gasteiger partial charge in [-0.1, -0.05) is 26.0 Å². The van der Waals surface area contributed by atoms with Crippen LogP contribution in [0, 0.1) is 28.6 Å². The summed E-state index contributed by atoms with van der Waals surface area (Å²) in [5, 5.41) is 21.5. The molecule has 0 bridgehead atoms. The first kappa shape index (κ1) is 18.9. The summed E-state index contributed by atoms with van der Waals surface area (Å²) in [5.74, 6) is 0.518. The van der Waals surface area contributed by atoms with Crippen molar-refractivity contribution in [3.05, 3.63) is 12.2 Å². The molecule has 0 saturated heterocycles. The van der Waals surface area contributed by atoms with Crippen LogP contribution in [0.2, 0.25) is 0 Å². The Kier molecular flexibility index (Phi) is 5.06. The van der Waals surface area contributed by atoms with E-state index in [9.17, 15) is 15.0 Å². The lowest BCUT2D eigenvalue weighted by Gasteiger charge is -2.55. The van der Waals surface area contributed by atoms with Gasteiger partial charge in [0.1, 0.15) is 0 Å². The van der Waals surface area contributed by atoms with Crippen LogP contribution in [0.5, 0.6) is 0 Å². The molecule has 0 unspecified atom stereocenters. The van der Waals surface area contributed by atoms with Crippen molar-refractivity contribution in [3.63, 3.8) is 0 Å². The topological polar surface area (TPSA) is 83.6 Å². The van der Waals surface area contributed by atoms with E-state index < -0.39 is 0 Å². The number of carbonyl (C=O) groups excluding carboxylic acids is 1. The van der Waals surface area contributed by atoms with Gasteiger partial charge in [-0.3, -0.25) is 4.79 Å². The third-order valence-corrected chi connectivity index (χ3v) is 8.27. The minimum atomic E-state index is -0.311. The van der Waals surface area contributed by atoms with Crippen molar-refractivity contribution in [1.29, 1.82) is 0 Å². The third kappa shape index (κ3) is 3.16. The monoisotopic (exact) mass is 349 g/mol. The molecule has 25 heavy (non-hydrogen) atoms. The largest absolute Gasteiger partial charge is 0.393 e. The van der Waals surface area contributed by atoms with E-state index in [0.29, 0.717) is 12.3 Å². The van der Waals surface area contributed by atoms with Gasteiger partial charge in [-0.25, -0.2) is 0 Å². The first-order valence-electron chi connectivity index (χ1n) is 10.0. The van der Waals surface area contributed by atoms with E-state index >= 15 is 0 Å². The summed E-state index contributed by atoms with van der Waals surface area (Å²) in [6.07, 6.45) is 7.11. The highest BCUT2D eigenvalue weighted by Gasteiger charge is 2.56. The number of nitrogens with two attached hydrogens (primary N) is 1. The number of rotatable bonds is 4. The minimum Gasteiger partial charge on any atom is -0.393 e. The van der Waals surface area contributed by atoms with Crippen molar-refractivity contribution < 1.29 is 15.0 Å². The summed E-state index contributed by atoms with van der Waals surface area (Å²) >= 11 is 0. The summed E-state index contributed by atoms with van der Waals surface area (Å²) < 4.78 is 0. The van der Waals surface area contributed by atoms with E-state index in [1.807, 2.05) is 0 Å². The van der Waals surface area contributed by atoms with E-state index in [-0.39, 0.29) is 40.8 Å². The zero-order valence-corrected chi connectivity index (χ0v) is 15.8. The number of allylic oxidation sites excluding steroid dienone is 1. The number of aliphatic hydroxyl groups is 2. The van der Waals surface area contributed by atoms with Crippen LogP contribution in [0.1, 0.15) is 71.6 Å². The number of hydrogen-bond acceptors (Lipinski definition) is 3. The SMILES string of the molecule is C=C1CC[C@H]2[C@H](O)[C@@H]([C@@]3(C)CC[C@H](O)C[C@@H]3CCC(N)=O)CC[C@]12C. The Balaban J connectivity index is 1.82. The van der Waals surface area contributed by atoms with E-state index in [4.69, 9.17) is 5.73 Å². The van der Waals surface area contributed by atoms with Crippen LogP contribution in [-0.2, 0) is 4.79 Å². The van der Waals surface area contributed by atoms with Crippen LogP contribution in [0.4, 0.5) is 0 Å². The molecule has 1 amide bonds. The van der Waals surface area contributed by atoms with E-state index in [1.165, 1.54) is 5.57 Å². The maximum atomic E-state index is 11.3. The second-order valence-corrected chi connectivity index (χ2v) is 9.44. The molecule has 3 aliphatic rings. The van der Waals surface area contributed by atoms with Crippen molar-refractivity contribution in [2.24, 2.45) is 34.3 Å². The number of primary amides is 1. The van der Waals surface area contributed by atoms with Crippen LogP contribution >= 0.6 is 0 Å². The summed E-state index contributed by atoms with van der Waals surface area (Å²) in [5.41, 5.74) is 6.75. The number of carbonyl (C=O) groups is 1. The highest BCUT2D eigenvalue weighted by atomic mass is 16.3. The van der Waals surface area contributed by atoms with Gasteiger partial charge in [0.2, 0.25) is 5.91 Å². The Morgan fingerprint density at radius 3 is 2.60 bits per heavy atom. The zero-order chi connectivity index (χ0) is 18.4. The van der Waals surface area contributed by atoms with Gasteiger partial charge in [-0.05, 0) is 80.0 Å². The molecule has 7 atom stereocenters. The van der Waals surface area contributed by atoms with Gasteiger partial charge < -0.3 is 15.9 Å². The average molecular weight is 350 g/mol. The normalized spacial score (nSPS) is 47.5. The van der Waals surface area contributed by atoms with E-state index in [2.05, 4.69) is 20.4 Å². The minimum absolute atomic E-state index is 0.0284. The van der Waals surface area contributed by atoms with Gasteiger partial charge >= 0.3 is 0 Å². The fourth-order valence-electron chi connectivity index (χ4n) is 6.38. The van der Waals surface area contributed by atoms with Crippen molar-refractivity contribution in [1.82, 2.24) is 0 Å². The van der Waals surface area contributed by atoms with E-state index in [0.717, 1.165) is 51.4 Å². The first-order valence-corrected chi connectivity index (χ1v) is 10.0. The molecule has 4 nitrogen and oxygen atoms in total. The molecule has 3 saturated carbocycles. The molecule has 3 aliphatic carbocycles. The maximum Gasteiger partial charge on any atom is 0.217 e. The zero-order valence-electron chi connectivity index (χ0n) is 15.8. The molecule has 142 valence electrons. The summed E-state index contributed by atoms with van der Waals surface area (Å²) in [4.78, 5) is 11.3. The first-order chi connectivity index (χ1) is 11.7. The molecule has 0 radical (unpaired) electrons. The smallest absolute Gasteiger partial charge is 0.217 e. The lowest BCUT2D eigenvalue weighted by atomic mass is 9.51. The van der Waals surface area contributed by atoms with Crippen LogP contribution < -0.4 is 5.73 Å². The molecule has 0 aliphatic heterocycles. The van der Waals surface area contributed by atoms with Gasteiger partial charge in [0.05, 0.1) is 12.2 Å². The molecule has 0 aromatic rings. The second-order valence-electron chi connectivity index (χ2n) is 9.44. The Morgan fingerprint density at radius 2 is 1.92 bits per heavy atom. The third-order valence-electron chi connectivity index (χ3n) is 8.27. The predicted molar refractivity (Wildman–Crippen MR) is 98.6 cm³/mol. The summed E-state index contributed by atoms with van der Waals surface area (Å²) in [6, 6.07) is 0. The average Bonchev–Trinajstić information content (AvgIpc) is 2.85. The van der Waals surface area contributed by atoms with Crippen LogP contribution in [0.3, 0.4) is 0 Å². The number of amides is 1. The second kappa shape index (κ2) is 6.70. The summed E-state index contributed by atoms with van der Waals surface area (Å²) in [6.45, 7) is 8.84. The fraction of sp³-hybridized carbons (Fsp3) is 0.857. The molecule has 3 fully saturated rings. The highest BCUT2D eigenvalue weighted by molar-refractivity contribution is 5.73. The number of fused-ring (bicyclic) bond motifs is 1. The van der Waals surface area contributed by atoms with Gasteiger partial charge in [-0.15, -0.1) is 0 Å². The lowest BCUT2D eigenvalue weighted by Crippen LogP contribution is -2.52. The van der Waals surface area contributed by atoms with Crippen molar-refractivity contribution in [3.8, 4) is 0 Å². The molecule has 0 aromatic carbocycles. The quantitative estimate of drug-likeness (QED) is 0.682. The maximum absolute atomic E-state index is 11.3. The standard InChI is InChI=1S/C21H35NO3/c1-13-4-6-16-19(25)17(9-11-20(13,16)2)21(3)10-8-15(23)12-14(21)5-7-18(22)24/h14-17,19,23,25H,1,4-12H2,2-3H3,(H2,22,24)/t14-,15-,16-,17-,19-,20+,21-/m0/s1. The predicted octanol–water partition coefficient (Wildman–Crippen LogP) is 3.16. The van der Waals surface area contributed by atoms with Crippen molar-refractivity contribution >= 4 is 5.91 Å². The van der Waals surface area contributed by atoms with Gasteiger partial charge in [0.15, 0.2) is 0 Å². The Morgan fingerprint density at radius 1 is 1.20 bits per heavy atom. The Bertz CT molecular complexity index is 547. The van der Waals surface area contributed by atoms with Gasteiger partial charge in [0, 0.05) is 6.42 Å². The van der Waals surface area contributed by atoms with Crippen LogP contribution in [0.25, 0.3) is 0 Å². The van der Waals surface area contributed by atoms with Crippen molar-refractivity contribution in [2.45, 2.75) is 83.8 Å². The molecule has 0 heterocycles. The number of aliphatic hydroxyl groups excluding tert-OH is 2. The van der Waals surface area contributed by atoms with Gasteiger partial charge in [0.25, 0.3) is 0 Å². The molecular formula is C21H35NO3. The summed E-state index contributed by atoms with van der Waals surface area (Å²) in [7, 11) is 0. The Labute approximate surface area is 151 Å². The molecule has 0 spiro atoms.